The fourth-order valence-corrected chi connectivity index (χ4v) is 23.6. The molecule has 45 nitrogen and oxygen atoms in total. The molecule has 12 bridgehead atoms. The van der Waals surface area contributed by atoms with Gasteiger partial charge in [0.15, 0.2) is 37.7 Å². The molecule has 778 valence electrons. The zero-order valence-corrected chi connectivity index (χ0v) is 79.1. The number of nitrogens with zero attached hydrogens (tertiary/aromatic N) is 3. The Morgan fingerprint density at radius 2 is 0.957 bits per heavy atom. The molecule has 27 aliphatic rings. The Morgan fingerprint density at radius 1 is 0.496 bits per heavy atom. The zero-order chi connectivity index (χ0) is 99.9. The van der Waals surface area contributed by atoms with Crippen LogP contribution in [0.3, 0.4) is 0 Å². The van der Waals surface area contributed by atoms with Crippen molar-refractivity contribution in [3.63, 3.8) is 0 Å². The molecule has 22 aliphatic heterocycles. The second-order valence-corrected chi connectivity index (χ2v) is 41.0. The lowest BCUT2D eigenvalue weighted by atomic mass is 9.49. The summed E-state index contributed by atoms with van der Waals surface area (Å²) < 4.78 is 79.6. The molecule has 23 heterocycles. The molecule has 30 unspecified atom stereocenters. The van der Waals surface area contributed by atoms with Crippen LogP contribution in [-0.2, 0) is 127 Å². The molecule has 6 amide bonds. The number of rotatable bonds is 24. The predicted octanol–water partition coefficient (Wildman–Crippen LogP) is -4.58. The quantitative estimate of drug-likeness (QED) is 0.0296. The minimum Gasteiger partial charge on any atom is -0.508 e. The van der Waals surface area contributed by atoms with Gasteiger partial charge in [0.25, 0.3) is 0 Å². The second kappa shape index (κ2) is 44.6. The van der Waals surface area contributed by atoms with E-state index in [1.807, 2.05) is 44.2 Å². The summed E-state index contributed by atoms with van der Waals surface area (Å²) >= 11 is 0. The minimum absolute atomic E-state index is 0.0348. The summed E-state index contributed by atoms with van der Waals surface area (Å²) in [5, 5.41) is 217. The number of aromatic hydroxyl groups is 1. The highest BCUT2D eigenvalue weighted by Gasteiger charge is 2.63. The summed E-state index contributed by atoms with van der Waals surface area (Å²) in [6.07, 6.45) is -46.5. The number of carbonyl (C=O) groups excluding carboxylic acids is 6. The van der Waals surface area contributed by atoms with Crippen LogP contribution in [0.1, 0.15) is 191 Å². The summed E-state index contributed by atoms with van der Waals surface area (Å²) in [6, 6.07) is 8.11. The maximum Gasteiger partial charge on any atom is 0.246 e. The van der Waals surface area contributed by atoms with Crippen LogP contribution in [0.2, 0.25) is 0 Å². The van der Waals surface area contributed by atoms with E-state index in [4.69, 9.17) is 67.3 Å². The van der Waals surface area contributed by atoms with E-state index in [0.29, 0.717) is 74.9 Å². The Morgan fingerprint density at radius 3 is 1.45 bits per heavy atom. The first-order valence-corrected chi connectivity index (χ1v) is 48.9. The van der Waals surface area contributed by atoms with Crippen LogP contribution in [0.4, 0.5) is 5.69 Å². The highest BCUT2D eigenvalue weighted by molar-refractivity contribution is 6.01. The molecule has 30 rings (SSSR count). The van der Waals surface area contributed by atoms with Crippen LogP contribution in [0, 0.1) is 28.6 Å². The molecule has 2 aromatic carbocycles. The van der Waals surface area contributed by atoms with E-state index >= 15 is 0 Å². The standard InChI is InChI=1S/C94H141N9O36/c1-41(2)63(82(124)97-42(3)80(122)98-45-22-18-43-20-24-60-91(4,47(43)31-45)26-13-28-93(60,6)89(125)100-90(126)94(7)29-14-27-92(5)48-32-46(109)23-19-44(48)21-25-61(92)94)99-81(123)49(95)15-11-12-30-96-62(111)40-127-52-17-10-8-9-16-50-64(52)101-102-103(50)34-54-75-65(112)71(118)85(129-54)137-77-57(37-106)131-84(70(117)66(77)113)128-53-33-51(110)83(130-55(53)35-104)135-76-56(36-105)132-87(72(119)67(76)114)138-79-59(39-108)134-88(74(121)69(79)116)139-78-58(38-107)133-86(136-75)73(120)68(78)115/h18-19,22-23,31-32,41-42,49,51-61,63,65-79,83-88,104-110,112-121H,8-17,20-21,24-30,33-40,95H2,1-7H3,(H,96,111)(H,97,124)(H,98,122)(H,99,123)(H,100,125,126)/t42-,49+,51?,52?,53?,54?,55?,56?,57?,58?,59?,60+,61+,63-,65?,66?,67?,68?,69?,70?,71?,72?,73?,74?,75?,76?,77?,78?,79?,83?,84?,85?,86?,87?,88?,91+,92+,93-,94-/m0/s1. The second-order valence-electron chi connectivity index (χ2n) is 41.0. The van der Waals surface area contributed by atoms with Crippen molar-refractivity contribution in [2.24, 2.45) is 34.3 Å². The normalized spacial score (nSPS) is 40.9. The van der Waals surface area contributed by atoms with Gasteiger partial charge in [0.05, 0.1) is 68.2 Å². The maximum absolute atomic E-state index is 14.9. The van der Waals surface area contributed by atoms with Gasteiger partial charge in [-0.15, -0.1) is 5.10 Å². The number of hydrogen-bond acceptors (Lipinski definition) is 39. The molecular weight excluding hydrogens is 1830 g/mol. The molecule has 5 aliphatic carbocycles. The highest BCUT2D eigenvalue weighted by atomic mass is 16.8. The first-order chi connectivity index (χ1) is 66.2. The molecule has 139 heavy (non-hydrogen) atoms. The third-order valence-electron chi connectivity index (χ3n) is 31.5. The summed E-state index contributed by atoms with van der Waals surface area (Å²) in [7, 11) is 0. The molecule has 24 N–H and O–H groups in total. The number of anilines is 1. The largest absolute Gasteiger partial charge is 0.508 e. The van der Waals surface area contributed by atoms with Crippen molar-refractivity contribution in [3.05, 3.63) is 70.0 Å². The number of phenols is 1. The number of aliphatic hydroxyl groups is 16. The van der Waals surface area contributed by atoms with Gasteiger partial charge < -0.3 is 175 Å². The van der Waals surface area contributed by atoms with Crippen molar-refractivity contribution in [1.82, 2.24) is 36.3 Å². The predicted molar refractivity (Wildman–Crippen MR) is 476 cm³/mol. The molecule has 1 aromatic heterocycles. The molecular formula is C94H141N9O36. The number of benzene rings is 2. The number of carbonyl (C=O) groups is 6. The monoisotopic (exact) mass is 1970 g/mol. The van der Waals surface area contributed by atoms with Crippen molar-refractivity contribution in [3.8, 4) is 5.75 Å². The van der Waals surface area contributed by atoms with Gasteiger partial charge in [-0.3, -0.25) is 34.1 Å². The first-order valence-electron chi connectivity index (χ1n) is 48.9. The van der Waals surface area contributed by atoms with Crippen LogP contribution in [0.5, 0.6) is 5.75 Å². The van der Waals surface area contributed by atoms with Crippen LogP contribution in [-0.4, -0.2) is 380 Å². The minimum atomic E-state index is -2.24. The van der Waals surface area contributed by atoms with Gasteiger partial charge in [0.1, 0.15) is 171 Å². The molecule has 22 saturated heterocycles. The zero-order valence-electron chi connectivity index (χ0n) is 79.1. The maximum atomic E-state index is 14.9. The van der Waals surface area contributed by atoms with Gasteiger partial charge in [-0.25, -0.2) is 4.68 Å². The number of fused-ring (bicyclic) bond motifs is 7. The topological polar surface area (TPSA) is 683 Å². The Hall–Kier alpha value is -6.80. The van der Waals surface area contributed by atoms with Crippen molar-refractivity contribution < 1.29 is 177 Å². The number of hydrogen-bond donors (Lipinski definition) is 23. The molecule has 0 radical (unpaired) electrons. The summed E-state index contributed by atoms with van der Waals surface area (Å²) in [6.45, 7) is 7.65. The van der Waals surface area contributed by atoms with Gasteiger partial charge in [-0.05, 0) is 172 Å². The van der Waals surface area contributed by atoms with Gasteiger partial charge in [0, 0.05) is 18.7 Å². The van der Waals surface area contributed by atoms with E-state index in [9.17, 15) is 116 Å². The number of aliphatic hydroxyl groups excluding tert-OH is 16. The molecule has 2 saturated carbocycles. The smallest absolute Gasteiger partial charge is 0.246 e. The SMILES string of the molecule is CC(C)[C@H](NC(=O)[C@H](N)CCCCNC(=O)COC1CCCCCc2c1nnn2CC1OC2OC3C(CO)OC(OC4CC(O)C(OC4CO)OC4C(CO)OC(OC5C(CO)OC(OC6C(CO)OC(OC1C(O)C2O)C(O)C6O)C(O)C5O)C(O)C4O)C(O)C3O)C(=O)N[C@@H](C)C(=O)Nc1ccc2c(c1)[C@@]1(C)CCC[C@](C)(C(=O)NC(=O)[C@@]3(C)CCC[C@]4(C)c5cc(O)ccc5CC[C@@H]34)[C@@H]1CC2. The molecule has 39 atom stereocenters. The molecule has 3 aromatic rings. The van der Waals surface area contributed by atoms with Gasteiger partial charge in [-0.1, -0.05) is 84.6 Å². The molecule has 0 spiro atoms. The Bertz CT molecular complexity index is 4710. The van der Waals surface area contributed by atoms with Crippen molar-refractivity contribution in [2.45, 2.75) is 390 Å². The van der Waals surface area contributed by atoms with Crippen molar-refractivity contribution in [1.29, 1.82) is 0 Å². The lowest BCUT2D eigenvalue weighted by Crippen LogP contribution is -2.68. The number of aryl methyl sites for hydroxylation is 2. The number of phenolic OH excluding ortho intramolecular Hbond substituents is 1. The third-order valence-corrected chi connectivity index (χ3v) is 31.5. The number of aromatic nitrogens is 3. The van der Waals surface area contributed by atoms with Crippen molar-refractivity contribution in [2.75, 3.05) is 51.5 Å². The van der Waals surface area contributed by atoms with E-state index in [-0.39, 0.29) is 54.2 Å². The van der Waals surface area contributed by atoms with E-state index in [2.05, 4.69) is 50.7 Å². The van der Waals surface area contributed by atoms with Gasteiger partial charge in [0.2, 0.25) is 35.4 Å². The van der Waals surface area contributed by atoms with E-state index in [0.717, 1.165) is 61.6 Å². The summed E-state index contributed by atoms with van der Waals surface area (Å²) in [4.78, 5) is 85.1. The van der Waals surface area contributed by atoms with Gasteiger partial charge in [-0.2, -0.15) is 0 Å². The van der Waals surface area contributed by atoms with Crippen LogP contribution in [0.25, 0.3) is 0 Å². The lowest BCUT2D eigenvalue weighted by Gasteiger charge is -2.56. The number of nitrogens with two attached hydrogens (primary N) is 1. The Labute approximate surface area is 803 Å². The average molecular weight is 1970 g/mol. The summed E-state index contributed by atoms with van der Waals surface area (Å²) in [5.41, 5.74) is 9.51. The Kier molecular flexibility index (Phi) is 34.2. The van der Waals surface area contributed by atoms with E-state index in [1.54, 1.807) is 19.9 Å². The number of imide groups is 1. The lowest BCUT2D eigenvalue weighted by molar-refractivity contribution is -0.400. The van der Waals surface area contributed by atoms with Gasteiger partial charge >= 0.3 is 0 Å². The molecule has 45 heteroatoms. The average Bonchev–Trinajstić information content (AvgIpc) is 1.19. The number of ether oxygens (including phenoxy) is 13. The van der Waals surface area contributed by atoms with E-state index < -0.39 is 301 Å². The number of unbranched alkanes of at least 4 members (excludes halogenated alkanes) is 1. The van der Waals surface area contributed by atoms with Crippen LogP contribution in [0.15, 0.2) is 36.4 Å². The van der Waals surface area contributed by atoms with Crippen LogP contribution >= 0.6 is 0 Å². The van der Waals surface area contributed by atoms with E-state index in [1.165, 1.54) is 17.2 Å². The first kappa shape index (κ1) is 106. The fourth-order valence-electron chi connectivity index (χ4n) is 23.6. The summed E-state index contributed by atoms with van der Waals surface area (Å²) in [5.74, 6) is -3.19. The fraction of sp³-hybridized carbons (Fsp3) is 0.787. The number of amides is 6. The Balaban J connectivity index is 0.554. The van der Waals surface area contributed by atoms with Crippen LogP contribution < -0.4 is 32.3 Å². The third kappa shape index (κ3) is 21.8. The highest BCUT2D eigenvalue weighted by Crippen LogP contribution is 2.61. The molecule has 24 fully saturated rings. The van der Waals surface area contributed by atoms with Crippen molar-refractivity contribution >= 4 is 41.1 Å². The number of nitrogens with one attached hydrogen (secondary N) is 5.